The average Bonchev–Trinajstić information content (AvgIpc) is 2.95. The lowest BCUT2D eigenvalue weighted by atomic mass is 10.1. The second kappa shape index (κ2) is 5.98. The number of amides is 1. The van der Waals surface area contributed by atoms with E-state index < -0.39 is 24.5 Å². The van der Waals surface area contributed by atoms with Crippen LogP contribution in [0.2, 0.25) is 0 Å². The van der Waals surface area contributed by atoms with Crippen molar-refractivity contribution in [1.82, 2.24) is 10.5 Å². The number of nitrogens with zero attached hydrogens (tertiary/aromatic N) is 1. The first-order chi connectivity index (χ1) is 9.58. The number of carboxylic acid groups (broad SMARTS) is 1. The lowest BCUT2D eigenvalue weighted by Gasteiger charge is -2.05. The van der Waals surface area contributed by atoms with Gasteiger partial charge in [0, 0.05) is 11.6 Å². The van der Waals surface area contributed by atoms with Gasteiger partial charge in [0.2, 0.25) is 5.76 Å². The number of hydrogen-bond acceptors (Lipinski definition) is 5. The first-order valence-corrected chi connectivity index (χ1v) is 5.79. The van der Waals surface area contributed by atoms with Crippen LogP contribution in [0.5, 0.6) is 0 Å². The van der Waals surface area contributed by atoms with E-state index in [1.54, 1.807) is 0 Å². The van der Waals surface area contributed by atoms with Crippen LogP contribution in [0.3, 0.4) is 0 Å². The second-order valence-electron chi connectivity index (χ2n) is 4.01. The van der Waals surface area contributed by atoms with Crippen molar-refractivity contribution in [3.63, 3.8) is 0 Å². The minimum atomic E-state index is -1.66. The summed E-state index contributed by atoms with van der Waals surface area (Å²) in [5.74, 6) is -2.10. The highest BCUT2D eigenvalue weighted by molar-refractivity contribution is 5.92. The minimum Gasteiger partial charge on any atom is -0.479 e. The fourth-order valence-corrected chi connectivity index (χ4v) is 1.49. The molecular weight excluding hydrogens is 264 g/mol. The van der Waals surface area contributed by atoms with Crippen LogP contribution in [0.15, 0.2) is 40.9 Å². The van der Waals surface area contributed by atoms with Gasteiger partial charge in [0.05, 0.1) is 6.54 Å². The lowest BCUT2D eigenvalue weighted by molar-refractivity contribution is -0.146. The number of carboxylic acids is 1. The third kappa shape index (κ3) is 3.21. The fraction of sp³-hybridized carbons (Fsp3) is 0.154. The van der Waals surface area contributed by atoms with Gasteiger partial charge in [-0.3, -0.25) is 4.79 Å². The molecule has 0 aliphatic rings. The van der Waals surface area contributed by atoms with Gasteiger partial charge in [0.1, 0.15) is 5.69 Å². The summed E-state index contributed by atoms with van der Waals surface area (Å²) in [6.07, 6.45) is -1.66. The van der Waals surface area contributed by atoms with Crippen molar-refractivity contribution in [3.8, 4) is 11.3 Å². The van der Waals surface area contributed by atoms with E-state index in [-0.39, 0.29) is 5.76 Å². The van der Waals surface area contributed by atoms with Crippen molar-refractivity contribution in [2.24, 2.45) is 0 Å². The van der Waals surface area contributed by atoms with Crippen LogP contribution >= 0.6 is 0 Å². The number of aromatic nitrogens is 1. The molecule has 0 saturated heterocycles. The molecule has 0 aliphatic carbocycles. The molecule has 3 N–H and O–H groups in total. The molecule has 7 heteroatoms. The van der Waals surface area contributed by atoms with E-state index in [0.29, 0.717) is 5.69 Å². The molecule has 1 atom stereocenters. The molecule has 0 bridgehead atoms. The van der Waals surface area contributed by atoms with Crippen LogP contribution in [0.4, 0.5) is 0 Å². The largest absolute Gasteiger partial charge is 0.479 e. The van der Waals surface area contributed by atoms with Gasteiger partial charge in [-0.05, 0) is 0 Å². The van der Waals surface area contributed by atoms with E-state index in [0.717, 1.165) is 5.56 Å². The number of aliphatic hydroxyl groups is 1. The Hall–Kier alpha value is -2.67. The fourth-order valence-electron chi connectivity index (χ4n) is 1.49. The Balaban J connectivity index is 2.02. The Bertz CT molecular complexity index is 608. The number of carbonyl (C=O) groups is 2. The lowest BCUT2D eigenvalue weighted by Crippen LogP contribution is -2.36. The molecule has 20 heavy (non-hydrogen) atoms. The molecule has 1 amide bonds. The molecule has 0 saturated carbocycles. The molecule has 2 rings (SSSR count). The third-order valence-electron chi connectivity index (χ3n) is 2.54. The number of nitrogens with one attached hydrogen (secondary N) is 1. The molecule has 0 fully saturated rings. The predicted octanol–water partition coefficient (Wildman–Crippen LogP) is 0.517. The minimum absolute atomic E-state index is 0.0542. The zero-order valence-electron chi connectivity index (χ0n) is 10.3. The number of hydrogen-bond donors (Lipinski definition) is 3. The first kappa shape index (κ1) is 13.8. The molecule has 104 valence electrons. The van der Waals surface area contributed by atoms with Crippen LogP contribution in [-0.2, 0) is 4.79 Å². The number of aliphatic hydroxyl groups excluding tert-OH is 1. The molecule has 1 aromatic carbocycles. The third-order valence-corrected chi connectivity index (χ3v) is 2.54. The maximum absolute atomic E-state index is 11.7. The topological polar surface area (TPSA) is 113 Å². The van der Waals surface area contributed by atoms with E-state index in [1.165, 1.54) is 6.07 Å². The van der Waals surface area contributed by atoms with Crippen LogP contribution in [0.1, 0.15) is 10.6 Å². The van der Waals surface area contributed by atoms with Crippen molar-refractivity contribution < 1.29 is 24.3 Å². The van der Waals surface area contributed by atoms with Crippen molar-refractivity contribution in [2.45, 2.75) is 6.10 Å². The van der Waals surface area contributed by atoms with Crippen LogP contribution in [-0.4, -0.2) is 39.9 Å². The molecule has 2 aromatic rings. The van der Waals surface area contributed by atoms with Gasteiger partial charge < -0.3 is 20.1 Å². The average molecular weight is 276 g/mol. The van der Waals surface area contributed by atoms with E-state index in [4.69, 9.17) is 14.7 Å². The Kier molecular flexibility index (Phi) is 4.11. The summed E-state index contributed by atoms with van der Waals surface area (Å²) >= 11 is 0. The maximum Gasteiger partial charge on any atom is 0.334 e. The Morgan fingerprint density at radius 3 is 2.65 bits per heavy atom. The van der Waals surface area contributed by atoms with Crippen LogP contribution < -0.4 is 5.32 Å². The van der Waals surface area contributed by atoms with Gasteiger partial charge in [-0.1, -0.05) is 35.5 Å². The van der Waals surface area contributed by atoms with Gasteiger partial charge >= 0.3 is 5.97 Å². The van der Waals surface area contributed by atoms with E-state index >= 15 is 0 Å². The molecule has 0 spiro atoms. The molecule has 1 heterocycles. The highest BCUT2D eigenvalue weighted by Gasteiger charge is 2.18. The summed E-state index contributed by atoms with van der Waals surface area (Å²) in [7, 11) is 0. The SMILES string of the molecule is O=C(NCC(O)C(=O)O)c1cc(-c2ccccc2)no1. The van der Waals surface area contributed by atoms with E-state index in [9.17, 15) is 9.59 Å². The maximum atomic E-state index is 11.7. The van der Waals surface area contributed by atoms with E-state index in [2.05, 4.69) is 10.5 Å². The quantitative estimate of drug-likeness (QED) is 0.733. The number of rotatable bonds is 5. The summed E-state index contributed by atoms with van der Waals surface area (Å²) in [6, 6.07) is 10.6. The Morgan fingerprint density at radius 2 is 2.00 bits per heavy atom. The molecular formula is C13H12N2O5. The second-order valence-corrected chi connectivity index (χ2v) is 4.01. The van der Waals surface area contributed by atoms with Gasteiger partial charge in [-0.25, -0.2) is 4.79 Å². The zero-order valence-corrected chi connectivity index (χ0v) is 10.3. The first-order valence-electron chi connectivity index (χ1n) is 5.79. The predicted molar refractivity (Wildman–Crippen MR) is 67.9 cm³/mol. The van der Waals surface area contributed by atoms with Gasteiger partial charge in [-0.2, -0.15) is 0 Å². The summed E-state index contributed by atoms with van der Waals surface area (Å²) in [5, 5.41) is 23.5. The number of aliphatic carboxylic acids is 1. The zero-order chi connectivity index (χ0) is 14.5. The Morgan fingerprint density at radius 1 is 1.30 bits per heavy atom. The monoisotopic (exact) mass is 276 g/mol. The smallest absolute Gasteiger partial charge is 0.334 e. The molecule has 7 nitrogen and oxygen atoms in total. The molecule has 1 unspecified atom stereocenters. The van der Waals surface area contributed by atoms with Gasteiger partial charge in [0.15, 0.2) is 6.10 Å². The highest BCUT2D eigenvalue weighted by Crippen LogP contribution is 2.18. The van der Waals surface area contributed by atoms with E-state index in [1.807, 2.05) is 30.3 Å². The molecule has 0 aliphatic heterocycles. The standard InChI is InChI=1S/C13H12N2O5/c16-10(13(18)19)7-14-12(17)11-6-9(15-20-11)8-4-2-1-3-5-8/h1-6,10,16H,7H2,(H,14,17)(H,18,19). The summed E-state index contributed by atoms with van der Waals surface area (Å²) in [6.45, 7) is -0.407. The number of benzene rings is 1. The Labute approximate surface area is 113 Å². The summed E-state index contributed by atoms with van der Waals surface area (Å²) in [4.78, 5) is 22.1. The molecule has 1 aromatic heterocycles. The van der Waals surface area contributed by atoms with Crippen LogP contribution in [0, 0.1) is 0 Å². The molecule has 0 radical (unpaired) electrons. The van der Waals surface area contributed by atoms with Crippen molar-refractivity contribution in [2.75, 3.05) is 6.54 Å². The number of carbonyl (C=O) groups excluding carboxylic acids is 1. The summed E-state index contributed by atoms with van der Waals surface area (Å²) in [5.41, 5.74) is 1.29. The highest BCUT2D eigenvalue weighted by atomic mass is 16.5. The van der Waals surface area contributed by atoms with Gasteiger partial charge in [0.25, 0.3) is 5.91 Å². The van der Waals surface area contributed by atoms with Crippen molar-refractivity contribution in [1.29, 1.82) is 0 Å². The van der Waals surface area contributed by atoms with Gasteiger partial charge in [-0.15, -0.1) is 0 Å². The van der Waals surface area contributed by atoms with Crippen molar-refractivity contribution >= 4 is 11.9 Å². The summed E-state index contributed by atoms with van der Waals surface area (Å²) < 4.78 is 4.88. The van der Waals surface area contributed by atoms with Crippen molar-refractivity contribution in [3.05, 3.63) is 42.2 Å². The van der Waals surface area contributed by atoms with Crippen LogP contribution in [0.25, 0.3) is 11.3 Å². The normalized spacial score (nSPS) is 11.8.